The summed E-state index contributed by atoms with van der Waals surface area (Å²) in [4.78, 5) is 30.0. The molecule has 6 nitrogen and oxygen atoms in total. The van der Waals surface area contributed by atoms with Gasteiger partial charge in [0, 0.05) is 13.1 Å². The molecule has 0 fully saturated rings. The topological polar surface area (TPSA) is 70.5 Å². The molecule has 0 aliphatic rings. The molecule has 2 heterocycles. The van der Waals surface area contributed by atoms with Crippen molar-refractivity contribution in [2.45, 2.75) is 33.6 Å². The first-order chi connectivity index (χ1) is 12.1. The van der Waals surface area contributed by atoms with Gasteiger partial charge in [-0.15, -0.1) is 0 Å². The summed E-state index contributed by atoms with van der Waals surface area (Å²) in [6.07, 6.45) is 3.63. The Labute approximate surface area is 146 Å². The first-order valence-electron chi connectivity index (χ1n) is 8.88. The van der Waals surface area contributed by atoms with Gasteiger partial charge in [0.2, 0.25) is 0 Å². The van der Waals surface area contributed by atoms with E-state index in [0.29, 0.717) is 34.6 Å². The number of carbonyl (C=O) groups excluding carboxylic acids is 1. The van der Waals surface area contributed by atoms with Gasteiger partial charge in [-0.2, -0.15) is 5.10 Å². The zero-order chi connectivity index (χ0) is 18.0. The number of benzene rings is 1. The van der Waals surface area contributed by atoms with Crippen LogP contribution in [0.5, 0.6) is 0 Å². The van der Waals surface area contributed by atoms with Gasteiger partial charge in [0.15, 0.2) is 0 Å². The lowest BCUT2D eigenvalue weighted by Gasteiger charge is -2.25. The summed E-state index contributed by atoms with van der Waals surface area (Å²) >= 11 is 0. The molecule has 0 saturated carbocycles. The number of rotatable bonds is 6. The maximum atomic E-state index is 13.0. The molecular weight excluding hydrogens is 316 g/mol. The smallest absolute Gasteiger partial charge is 0.259 e. The lowest BCUT2D eigenvalue weighted by Crippen LogP contribution is -2.35. The fraction of sp³-hybridized carbons (Fsp3) is 0.421. The molecule has 132 valence electrons. The van der Waals surface area contributed by atoms with Gasteiger partial charge in [-0.25, -0.2) is 4.52 Å². The zero-order valence-electron chi connectivity index (χ0n) is 15.0. The highest BCUT2D eigenvalue weighted by Gasteiger charge is 2.22. The summed E-state index contributed by atoms with van der Waals surface area (Å²) in [6, 6.07) is 7.26. The predicted octanol–water partition coefficient (Wildman–Crippen LogP) is 3.07. The molecule has 3 aromatic rings. The van der Waals surface area contributed by atoms with Crippen molar-refractivity contribution < 1.29 is 4.79 Å². The Morgan fingerprint density at radius 3 is 2.64 bits per heavy atom. The first-order valence-corrected chi connectivity index (χ1v) is 8.88. The normalized spacial score (nSPS) is 11.5. The summed E-state index contributed by atoms with van der Waals surface area (Å²) in [7, 11) is 0. The number of hydrogen-bond acceptors (Lipinski definition) is 3. The molecule has 2 aromatic heterocycles. The van der Waals surface area contributed by atoms with E-state index in [0.717, 1.165) is 19.4 Å². The number of para-hydroxylation sites is 1. The minimum atomic E-state index is -0.208. The number of carbonyl (C=O) groups is 1. The Bertz CT molecular complexity index is 953. The van der Waals surface area contributed by atoms with Gasteiger partial charge in [0.25, 0.3) is 11.5 Å². The molecular formula is C19H24N4O2. The van der Waals surface area contributed by atoms with Crippen molar-refractivity contribution in [2.75, 3.05) is 13.1 Å². The lowest BCUT2D eigenvalue weighted by molar-refractivity contribution is 0.0736. The molecule has 0 spiro atoms. The number of nitrogens with one attached hydrogen (secondary N) is 1. The van der Waals surface area contributed by atoms with Crippen LogP contribution in [0.3, 0.4) is 0 Å². The van der Waals surface area contributed by atoms with Gasteiger partial charge >= 0.3 is 0 Å². The summed E-state index contributed by atoms with van der Waals surface area (Å²) in [5, 5.41) is 4.90. The van der Waals surface area contributed by atoms with E-state index in [4.69, 9.17) is 0 Å². The molecule has 1 amide bonds. The molecule has 25 heavy (non-hydrogen) atoms. The Hall–Kier alpha value is -2.63. The average molecular weight is 340 g/mol. The highest BCUT2D eigenvalue weighted by Crippen LogP contribution is 2.17. The van der Waals surface area contributed by atoms with Gasteiger partial charge < -0.3 is 9.88 Å². The first kappa shape index (κ1) is 17.2. The Kier molecular flexibility index (Phi) is 4.88. The van der Waals surface area contributed by atoms with Crippen LogP contribution in [0.2, 0.25) is 0 Å². The molecule has 0 unspecified atom stereocenters. The average Bonchev–Trinajstić information content (AvgIpc) is 3.06. The fourth-order valence-corrected chi connectivity index (χ4v) is 3.22. The second-order valence-corrected chi connectivity index (χ2v) is 6.32. The van der Waals surface area contributed by atoms with E-state index >= 15 is 0 Å². The maximum Gasteiger partial charge on any atom is 0.259 e. The third-order valence-corrected chi connectivity index (χ3v) is 4.91. The van der Waals surface area contributed by atoms with Crippen molar-refractivity contribution >= 4 is 22.5 Å². The van der Waals surface area contributed by atoms with Crippen molar-refractivity contribution in [3.8, 4) is 0 Å². The standard InChI is InChI=1S/C19H24N4O2/c1-4-13(5-2)12-22(6-3)19(25)15-11-20-23-16-10-8-7-9-14(16)18(24)21-17(15)23/h7-11,13H,4-6,12H2,1-3H3,(H,21,24). The van der Waals surface area contributed by atoms with Crippen LogP contribution in [0.1, 0.15) is 44.0 Å². The molecule has 3 rings (SSSR count). The minimum absolute atomic E-state index is 0.0877. The maximum absolute atomic E-state index is 13.0. The monoisotopic (exact) mass is 340 g/mol. The van der Waals surface area contributed by atoms with Gasteiger partial charge in [0.05, 0.1) is 17.1 Å². The number of aromatic nitrogens is 3. The van der Waals surface area contributed by atoms with Gasteiger partial charge in [0.1, 0.15) is 11.2 Å². The highest BCUT2D eigenvalue weighted by molar-refractivity contribution is 6.00. The van der Waals surface area contributed by atoms with E-state index in [2.05, 4.69) is 23.9 Å². The van der Waals surface area contributed by atoms with Crippen LogP contribution in [0.25, 0.3) is 16.6 Å². The number of H-pyrrole nitrogens is 1. The molecule has 6 heteroatoms. The van der Waals surface area contributed by atoms with E-state index < -0.39 is 0 Å². The predicted molar refractivity (Wildman–Crippen MR) is 99.0 cm³/mol. The van der Waals surface area contributed by atoms with Crippen LogP contribution in [-0.2, 0) is 0 Å². The largest absolute Gasteiger partial charge is 0.338 e. The number of amides is 1. The van der Waals surface area contributed by atoms with E-state index in [1.807, 2.05) is 30.0 Å². The van der Waals surface area contributed by atoms with E-state index in [-0.39, 0.29) is 11.5 Å². The summed E-state index contributed by atoms with van der Waals surface area (Å²) < 4.78 is 1.63. The quantitative estimate of drug-likeness (QED) is 0.749. The van der Waals surface area contributed by atoms with Crippen molar-refractivity contribution in [1.82, 2.24) is 19.5 Å². The van der Waals surface area contributed by atoms with Crippen LogP contribution in [-0.4, -0.2) is 38.5 Å². The third-order valence-electron chi connectivity index (χ3n) is 4.91. The minimum Gasteiger partial charge on any atom is -0.338 e. The van der Waals surface area contributed by atoms with Crippen LogP contribution in [0.15, 0.2) is 35.3 Å². The molecule has 0 aliphatic carbocycles. The molecule has 0 radical (unpaired) electrons. The Balaban J connectivity index is 2.06. The highest BCUT2D eigenvalue weighted by atomic mass is 16.2. The van der Waals surface area contributed by atoms with Crippen LogP contribution < -0.4 is 5.56 Å². The van der Waals surface area contributed by atoms with Gasteiger partial charge in [-0.05, 0) is 25.0 Å². The van der Waals surface area contributed by atoms with Gasteiger partial charge in [-0.1, -0.05) is 38.8 Å². The lowest BCUT2D eigenvalue weighted by atomic mass is 10.0. The van der Waals surface area contributed by atoms with Crippen molar-refractivity contribution in [3.05, 3.63) is 46.4 Å². The number of aromatic amines is 1. The van der Waals surface area contributed by atoms with Crippen molar-refractivity contribution in [3.63, 3.8) is 0 Å². The second-order valence-electron chi connectivity index (χ2n) is 6.32. The summed E-state index contributed by atoms with van der Waals surface area (Å²) in [6.45, 7) is 7.61. The molecule has 0 aliphatic heterocycles. The Morgan fingerprint density at radius 2 is 1.96 bits per heavy atom. The number of nitrogens with zero attached hydrogens (tertiary/aromatic N) is 3. The van der Waals surface area contributed by atoms with Crippen LogP contribution in [0.4, 0.5) is 0 Å². The van der Waals surface area contributed by atoms with Gasteiger partial charge in [-0.3, -0.25) is 9.59 Å². The summed E-state index contributed by atoms with van der Waals surface area (Å²) in [5.41, 5.74) is 1.39. The zero-order valence-corrected chi connectivity index (χ0v) is 15.0. The second kappa shape index (κ2) is 7.09. The van der Waals surface area contributed by atoms with Crippen molar-refractivity contribution in [2.24, 2.45) is 5.92 Å². The SMILES string of the molecule is CCC(CC)CN(CC)C(=O)c1cnn2c1[nH]c(=O)c1ccccc12. The van der Waals surface area contributed by atoms with E-state index in [1.54, 1.807) is 16.8 Å². The van der Waals surface area contributed by atoms with Crippen LogP contribution in [0, 0.1) is 5.92 Å². The molecule has 0 bridgehead atoms. The molecule has 1 N–H and O–H groups in total. The van der Waals surface area contributed by atoms with Crippen molar-refractivity contribution in [1.29, 1.82) is 0 Å². The van der Waals surface area contributed by atoms with E-state index in [9.17, 15) is 9.59 Å². The third kappa shape index (κ3) is 3.04. The fourth-order valence-electron chi connectivity index (χ4n) is 3.22. The molecule has 1 aromatic carbocycles. The summed E-state index contributed by atoms with van der Waals surface area (Å²) in [5.74, 6) is 0.390. The number of fused-ring (bicyclic) bond motifs is 3. The molecule has 0 saturated heterocycles. The van der Waals surface area contributed by atoms with Crippen LogP contribution >= 0.6 is 0 Å². The van der Waals surface area contributed by atoms with E-state index in [1.165, 1.54) is 0 Å². The Morgan fingerprint density at radius 1 is 1.24 bits per heavy atom. The molecule has 0 atom stereocenters. The number of hydrogen-bond donors (Lipinski definition) is 1.